The molecule has 2 N–H and O–H groups in total. The second-order valence-electron chi connectivity index (χ2n) is 5.73. The molecule has 20 heavy (non-hydrogen) atoms. The number of hydrogen-bond donors (Lipinski definition) is 2. The summed E-state index contributed by atoms with van der Waals surface area (Å²) in [5, 5.41) is 17.7. The van der Waals surface area contributed by atoms with E-state index in [9.17, 15) is 5.11 Å². The van der Waals surface area contributed by atoms with E-state index in [-0.39, 0.29) is 0 Å². The summed E-state index contributed by atoms with van der Waals surface area (Å²) < 4.78 is 0. The number of fused-ring (bicyclic) bond motifs is 1. The number of thiophene rings is 1. The van der Waals surface area contributed by atoms with E-state index in [2.05, 4.69) is 35.1 Å². The average Bonchev–Trinajstić information content (AvgIpc) is 2.91. The van der Waals surface area contributed by atoms with Crippen molar-refractivity contribution in [1.29, 1.82) is 0 Å². The molecule has 3 heteroatoms. The minimum absolute atomic E-state index is 0.385. The van der Waals surface area contributed by atoms with Crippen LogP contribution in [0.4, 0.5) is 0 Å². The molecule has 1 aromatic heterocycles. The third-order valence-electron chi connectivity index (χ3n) is 4.05. The molecule has 1 aromatic carbocycles. The molecule has 1 heterocycles. The normalized spacial score (nSPS) is 19.6. The fourth-order valence-corrected chi connectivity index (χ4v) is 3.82. The number of phenolic OH excluding ortho intramolecular Hbond substituents is 1. The number of phenols is 1. The van der Waals surface area contributed by atoms with Gasteiger partial charge < -0.3 is 10.4 Å². The van der Waals surface area contributed by atoms with Crippen molar-refractivity contribution in [2.45, 2.75) is 44.7 Å². The summed E-state index contributed by atoms with van der Waals surface area (Å²) in [6.07, 6.45) is 4.54. The summed E-state index contributed by atoms with van der Waals surface area (Å²) in [4.78, 5) is 0. The van der Waals surface area contributed by atoms with Gasteiger partial charge in [-0.25, -0.2) is 0 Å². The van der Waals surface area contributed by atoms with Crippen molar-refractivity contribution >= 4 is 11.3 Å². The molecule has 0 spiro atoms. The van der Waals surface area contributed by atoms with Gasteiger partial charge in [-0.2, -0.15) is 11.3 Å². The van der Waals surface area contributed by atoms with Gasteiger partial charge in [0.05, 0.1) is 0 Å². The van der Waals surface area contributed by atoms with Gasteiger partial charge >= 0.3 is 0 Å². The predicted octanol–water partition coefficient (Wildman–Crippen LogP) is 4.05. The lowest BCUT2D eigenvalue weighted by molar-refractivity contribution is 0.405. The van der Waals surface area contributed by atoms with Crippen LogP contribution in [0.15, 0.2) is 35.0 Å². The van der Waals surface area contributed by atoms with E-state index < -0.39 is 0 Å². The average molecular weight is 287 g/mol. The number of aromatic hydroxyl groups is 1. The van der Waals surface area contributed by atoms with Crippen LogP contribution in [-0.4, -0.2) is 11.1 Å². The van der Waals surface area contributed by atoms with Gasteiger partial charge in [-0.3, -0.25) is 0 Å². The van der Waals surface area contributed by atoms with Gasteiger partial charge in [0.1, 0.15) is 5.75 Å². The standard InChI is InChI=1S/C17H21NOS/c1-12(9-13-7-8-20-11-13)18-17-4-2-3-14-10-15(19)5-6-16(14)17/h5-8,10-12,17-19H,2-4,9H2,1H3. The van der Waals surface area contributed by atoms with E-state index in [1.165, 1.54) is 29.5 Å². The first-order valence-electron chi connectivity index (χ1n) is 7.31. The van der Waals surface area contributed by atoms with Gasteiger partial charge in [0.25, 0.3) is 0 Å². The Bertz CT molecular complexity index is 564. The molecule has 106 valence electrons. The zero-order chi connectivity index (χ0) is 13.9. The van der Waals surface area contributed by atoms with Gasteiger partial charge in [-0.1, -0.05) is 6.07 Å². The Hall–Kier alpha value is -1.32. The highest BCUT2D eigenvalue weighted by atomic mass is 32.1. The number of benzene rings is 1. The number of hydrogen-bond acceptors (Lipinski definition) is 3. The van der Waals surface area contributed by atoms with Crippen LogP contribution in [0.5, 0.6) is 5.75 Å². The van der Waals surface area contributed by atoms with E-state index >= 15 is 0 Å². The van der Waals surface area contributed by atoms with Gasteiger partial charge in [0.2, 0.25) is 0 Å². The molecule has 3 rings (SSSR count). The molecule has 0 aliphatic heterocycles. The first-order valence-corrected chi connectivity index (χ1v) is 8.25. The molecular formula is C17H21NOS. The molecule has 0 saturated carbocycles. The van der Waals surface area contributed by atoms with E-state index in [1.54, 1.807) is 11.3 Å². The Morgan fingerprint density at radius 3 is 3.10 bits per heavy atom. The molecule has 0 radical (unpaired) electrons. The van der Waals surface area contributed by atoms with Crippen LogP contribution >= 0.6 is 11.3 Å². The molecule has 2 atom stereocenters. The van der Waals surface area contributed by atoms with Crippen molar-refractivity contribution < 1.29 is 5.11 Å². The maximum atomic E-state index is 9.61. The van der Waals surface area contributed by atoms with E-state index in [0.717, 1.165) is 12.8 Å². The number of aryl methyl sites for hydroxylation is 1. The number of rotatable bonds is 4. The maximum Gasteiger partial charge on any atom is 0.115 e. The highest BCUT2D eigenvalue weighted by Crippen LogP contribution is 2.32. The van der Waals surface area contributed by atoms with E-state index in [4.69, 9.17) is 0 Å². The Balaban J connectivity index is 1.69. The second kappa shape index (κ2) is 5.98. The molecule has 0 bridgehead atoms. The van der Waals surface area contributed by atoms with E-state index in [0.29, 0.717) is 17.8 Å². The fourth-order valence-electron chi connectivity index (χ4n) is 3.14. The summed E-state index contributed by atoms with van der Waals surface area (Å²) in [5.74, 6) is 0.385. The second-order valence-corrected chi connectivity index (χ2v) is 6.51. The lowest BCUT2D eigenvalue weighted by atomic mass is 9.87. The predicted molar refractivity (Wildman–Crippen MR) is 84.4 cm³/mol. The number of nitrogens with one attached hydrogen (secondary N) is 1. The van der Waals surface area contributed by atoms with Crippen LogP contribution in [0.2, 0.25) is 0 Å². The van der Waals surface area contributed by atoms with Gasteiger partial charge in [-0.05, 0) is 78.3 Å². The SMILES string of the molecule is CC(Cc1ccsc1)NC1CCCc2cc(O)ccc21. The topological polar surface area (TPSA) is 32.3 Å². The smallest absolute Gasteiger partial charge is 0.115 e. The van der Waals surface area contributed by atoms with Crippen LogP contribution < -0.4 is 5.32 Å². The minimum Gasteiger partial charge on any atom is -0.508 e. The van der Waals surface area contributed by atoms with E-state index in [1.807, 2.05) is 12.1 Å². The van der Waals surface area contributed by atoms with Crippen molar-refractivity contribution in [2.75, 3.05) is 0 Å². The molecule has 1 aliphatic rings. The highest BCUT2D eigenvalue weighted by molar-refractivity contribution is 7.07. The fraction of sp³-hybridized carbons (Fsp3) is 0.412. The maximum absolute atomic E-state index is 9.61. The zero-order valence-corrected chi connectivity index (χ0v) is 12.6. The van der Waals surface area contributed by atoms with Crippen LogP contribution in [0, 0.1) is 0 Å². The molecular weight excluding hydrogens is 266 g/mol. The van der Waals surface area contributed by atoms with Crippen molar-refractivity contribution in [2.24, 2.45) is 0 Å². The third kappa shape index (κ3) is 3.05. The first kappa shape index (κ1) is 13.7. The lowest BCUT2D eigenvalue weighted by Gasteiger charge is -2.29. The van der Waals surface area contributed by atoms with Crippen LogP contribution in [-0.2, 0) is 12.8 Å². The molecule has 2 nitrogen and oxygen atoms in total. The quantitative estimate of drug-likeness (QED) is 0.889. The van der Waals surface area contributed by atoms with Gasteiger partial charge in [0, 0.05) is 12.1 Å². The van der Waals surface area contributed by atoms with Gasteiger partial charge in [0.15, 0.2) is 0 Å². The monoisotopic (exact) mass is 287 g/mol. The summed E-state index contributed by atoms with van der Waals surface area (Å²) >= 11 is 1.76. The minimum atomic E-state index is 0.385. The molecule has 2 aromatic rings. The van der Waals surface area contributed by atoms with Gasteiger partial charge in [-0.15, -0.1) is 0 Å². The zero-order valence-electron chi connectivity index (χ0n) is 11.8. The Kier molecular flexibility index (Phi) is 4.08. The summed E-state index contributed by atoms with van der Waals surface area (Å²) in [5.41, 5.74) is 4.08. The first-order chi connectivity index (χ1) is 9.72. The molecule has 0 amide bonds. The van der Waals surface area contributed by atoms with Crippen LogP contribution in [0.25, 0.3) is 0 Å². The Labute approximate surface area is 124 Å². The highest BCUT2D eigenvalue weighted by Gasteiger charge is 2.21. The third-order valence-corrected chi connectivity index (χ3v) is 4.78. The molecule has 2 unspecified atom stereocenters. The van der Waals surface area contributed by atoms with Crippen molar-refractivity contribution in [3.8, 4) is 5.75 Å². The van der Waals surface area contributed by atoms with Crippen LogP contribution in [0.1, 0.15) is 42.5 Å². The van der Waals surface area contributed by atoms with Crippen molar-refractivity contribution in [3.63, 3.8) is 0 Å². The molecule has 0 saturated heterocycles. The molecule has 1 aliphatic carbocycles. The van der Waals surface area contributed by atoms with Crippen LogP contribution in [0.3, 0.4) is 0 Å². The van der Waals surface area contributed by atoms with Crippen molar-refractivity contribution in [3.05, 3.63) is 51.7 Å². The Morgan fingerprint density at radius 1 is 1.40 bits per heavy atom. The van der Waals surface area contributed by atoms with Crippen molar-refractivity contribution in [1.82, 2.24) is 5.32 Å². The lowest BCUT2D eigenvalue weighted by Crippen LogP contribution is -2.34. The Morgan fingerprint density at radius 2 is 2.30 bits per heavy atom. The summed E-state index contributed by atoms with van der Waals surface area (Å²) in [7, 11) is 0. The summed E-state index contributed by atoms with van der Waals surface area (Å²) in [6.45, 7) is 2.26. The molecule has 0 fully saturated rings. The summed E-state index contributed by atoms with van der Waals surface area (Å²) in [6, 6.07) is 8.91. The largest absolute Gasteiger partial charge is 0.508 e.